The predicted octanol–water partition coefficient (Wildman–Crippen LogP) is 4.37. The summed E-state index contributed by atoms with van der Waals surface area (Å²) in [6.07, 6.45) is 6.28. The zero-order chi connectivity index (χ0) is 19.0. The molecule has 0 atom stereocenters. The van der Waals surface area contributed by atoms with Crippen molar-refractivity contribution >= 4 is 34.9 Å². The van der Waals surface area contributed by atoms with E-state index < -0.39 is 0 Å². The minimum atomic E-state index is 0.600. The van der Waals surface area contributed by atoms with E-state index in [1.807, 2.05) is 24.1 Å². The van der Waals surface area contributed by atoms with Gasteiger partial charge in [0.1, 0.15) is 11.4 Å². The van der Waals surface area contributed by atoms with Gasteiger partial charge in [-0.3, -0.25) is 0 Å². The molecule has 0 bridgehead atoms. The number of fused-ring (bicyclic) bond motifs is 1. The summed E-state index contributed by atoms with van der Waals surface area (Å²) in [5.74, 6) is 0.688. The maximum atomic E-state index is 6.33. The number of piperazine rings is 1. The molecule has 3 heterocycles. The van der Waals surface area contributed by atoms with E-state index in [-0.39, 0.29) is 0 Å². The highest BCUT2D eigenvalue weighted by molar-refractivity contribution is 7.96. The second-order valence-electron chi connectivity index (χ2n) is 6.68. The monoisotopic (exact) mass is 402 g/mol. The molecule has 1 saturated heterocycles. The van der Waals surface area contributed by atoms with Crippen LogP contribution in [0.2, 0.25) is 5.02 Å². The number of pyridine rings is 1. The van der Waals surface area contributed by atoms with Gasteiger partial charge in [-0.1, -0.05) is 23.5 Å². The number of aromatic nitrogens is 2. The Morgan fingerprint density at radius 3 is 2.63 bits per heavy atom. The minimum Gasteiger partial charge on any atom is -0.495 e. The lowest BCUT2D eigenvalue weighted by Crippen LogP contribution is -2.43. The lowest BCUT2D eigenvalue weighted by Gasteiger charge is -2.34. The molecule has 7 heteroatoms. The third-order valence-electron chi connectivity index (χ3n) is 5.08. The van der Waals surface area contributed by atoms with Gasteiger partial charge in [0.25, 0.3) is 0 Å². The number of methoxy groups -OCH3 is 1. The largest absolute Gasteiger partial charge is 0.495 e. The fourth-order valence-electron chi connectivity index (χ4n) is 3.51. The molecule has 5 nitrogen and oxygen atoms in total. The van der Waals surface area contributed by atoms with Crippen molar-refractivity contribution in [2.24, 2.45) is 0 Å². The summed E-state index contributed by atoms with van der Waals surface area (Å²) in [5.41, 5.74) is 5.21. The molecule has 27 heavy (non-hydrogen) atoms. The van der Waals surface area contributed by atoms with Crippen molar-refractivity contribution in [2.45, 2.75) is 6.92 Å². The Morgan fingerprint density at radius 2 is 1.93 bits per heavy atom. The van der Waals surface area contributed by atoms with E-state index in [4.69, 9.17) is 21.3 Å². The lowest BCUT2D eigenvalue weighted by molar-refractivity contribution is 0.415. The molecule has 1 aliphatic heterocycles. The highest BCUT2D eigenvalue weighted by Gasteiger charge is 2.17. The van der Waals surface area contributed by atoms with Crippen LogP contribution in [-0.4, -0.2) is 53.2 Å². The van der Waals surface area contributed by atoms with Gasteiger partial charge in [-0.2, -0.15) is 0 Å². The van der Waals surface area contributed by atoms with Gasteiger partial charge < -0.3 is 14.0 Å². The standard InChI is InChI=1S/C20H23ClN4OS/c1-14-10-19(26-2)17(21)12-16(14)18-13-24-5-4-15(11-20(24)22-18)23-6-8-25(27-3)9-7-23/h4-5,10-13H,6-9H2,1-3H3. The summed E-state index contributed by atoms with van der Waals surface area (Å²) in [6.45, 7) is 6.29. The first kappa shape index (κ1) is 18.5. The van der Waals surface area contributed by atoms with Crippen LogP contribution in [0.4, 0.5) is 5.69 Å². The predicted molar refractivity (Wildman–Crippen MR) is 114 cm³/mol. The van der Waals surface area contributed by atoms with E-state index in [0.29, 0.717) is 10.8 Å². The van der Waals surface area contributed by atoms with Gasteiger partial charge >= 0.3 is 0 Å². The Kier molecular flexibility index (Phi) is 5.21. The fourth-order valence-corrected chi connectivity index (χ4v) is 4.28. The molecule has 142 valence electrons. The number of imidazole rings is 1. The second-order valence-corrected chi connectivity index (χ2v) is 7.97. The highest BCUT2D eigenvalue weighted by Crippen LogP contribution is 2.33. The zero-order valence-corrected chi connectivity index (χ0v) is 17.3. The molecule has 4 rings (SSSR count). The van der Waals surface area contributed by atoms with E-state index in [1.165, 1.54) is 5.69 Å². The molecule has 2 aromatic heterocycles. The van der Waals surface area contributed by atoms with E-state index in [9.17, 15) is 0 Å². The van der Waals surface area contributed by atoms with Gasteiger partial charge in [-0.25, -0.2) is 9.29 Å². The molecule has 0 amide bonds. The quantitative estimate of drug-likeness (QED) is 0.605. The molecular weight excluding hydrogens is 380 g/mol. The third-order valence-corrected chi connectivity index (χ3v) is 6.26. The Morgan fingerprint density at radius 1 is 1.15 bits per heavy atom. The van der Waals surface area contributed by atoms with E-state index in [0.717, 1.165) is 48.6 Å². The number of hydrogen-bond acceptors (Lipinski definition) is 5. The summed E-state index contributed by atoms with van der Waals surface area (Å²) in [4.78, 5) is 7.28. The van der Waals surface area contributed by atoms with Crippen LogP contribution in [-0.2, 0) is 0 Å². The smallest absolute Gasteiger partial charge is 0.139 e. The second kappa shape index (κ2) is 7.62. The van der Waals surface area contributed by atoms with Gasteiger partial charge in [0.05, 0.1) is 17.8 Å². The number of halogens is 1. The summed E-state index contributed by atoms with van der Waals surface area (Å²) in [6, 6.07) is 8.22. The van der Waals surface area contributed by atoms with Crippen LogP contribution in [0, 0.1) is 6.92 Å². The van der Waals surface area contributed by atoms with Gasteiger partial charge in [-0.05, 0) is 36.9 Å². The third kappa shape index (κ3) is 3.61. The molecule has 0 unspecified atom stereocenters. The van der Waals surface area contributed by atoms with E-state index >= 15 is 0 Å². The van der Waals surface area contributed by atoms with Crippen molar-refractivity contribution < 1.29 is 4.74 Å². The van der Waals surface area contributed by atoms with Crippen molar-refractivity contribution in [2.75, 3.05) is 44.4 Å². The number of rotatable bonds is 4. The first-order chi connectivity index (χ1) is 13.1. The maximum absolute atomic E-state index is 6.33. The van der Waals surface area contributed by atoms with Crippen LogP contribution in [0.1, 0.15) is 5.56 Å². The van der Waals surface area contributed by atoms with Crippen molar-refractivity contribution in [3.05, 3.63) is 47.2 Å². The number of hydrogen-bond donors (Lipinski definition) is 0. The number of anilines is 1. The molecular formula is C20H23ClN4OS. The van der Waals surface area contributed by atoms with E-state index in [1.54, 1.807) is 7.11 Å². The van der Waals surface area contributed by atoms with Crippen molar-refractivity contribution in [3.8, 4) is 17.0 Å². The number of aryl methyl sites for hydroxylation is 1. The molecule has 1 aromatic carbocycles. The van der Waals surface area contributed by atoms with Gasteiger partial charge in [-0.15, -0.1) is 0 Å². The van der Waals surface area contributed by atoms with Crippen molar-refractivity contribution in [1.29, 1.82) is 0 Å². The maximum Gasteiger partial charge on any atom is 0.139 e. The molecule has 1 aliphatic rings. The van der Waals surface area contributed by atoms with Gasteiger partial charge in [0, 0.05) is 55.9 Å². The SMILES string of the molecule is COc1cc(C)c(-c2cn3ccc(N4CCN(SC)CC4)cc3n2)cc1Cl. The fraction of sp³-hybridized carbons (Fsp3) is 0.350. The number of ether oxygens (including phenoxy) is 1. The molecule has 0 N–H and O–H groups in total. The molecule has 0 aliphatic carbocycles. The Balaban J connectivity index is 1.65. The number of nitrogens with zero attached hydrogens (tertiary/aromatic N) is 4. The van der Waals surface area contributed by atoms with Gasteiger partial charge in [0.15, 0.2) is 0 Å². The lowest BCUT2D eigenvalue weighted by atomic mass is 10.1. The summed E-state index contributed by atoms with van der Waals surface area (Å²) >= 11 is 8.15. The van der Waals surface area contributed by atoms with Crippen LogP contribution < -0.4 is 9.64 Å². The van der Waals surface area contributed by atoms with Crippen LogP contribution >= 0.6 is 23.5 Å². The number of benzene rings is 1. The average Bonchev–Trinajstić information content (AvgIpc) is 3.12. The summed E-state index contributed by atoms with van der Waals surface area (Å²) in [7, 11) is 1.63. The normalized spacial score (nSPS) is 15.5. The highest BCUT2D eigenvalue weighted by atomic mass is 35.5. The van der Waals surface area contributed by atoms with Gasteiger partial charge in [0.2, 0.25) is 0 Å². The Bertz CT molecular complexity index is 966. The van der Waals surface area contributed by atoms with Crippen LogP contribution in [0.15, 0.2) is 36.7 Å². The zero-order valence-electron chi connectivity index (χ0n) is 15.8. The first-order valence-corrected chi connectivity index (χ1v) is 10.5. The Hall–Kier alpha value is -1.89. The molecule has 0 radical (unpaired) electrons. The molecule has 3 aromatic rings. The molecule has 0 spiro atoms. The van der Waals surface area contributed by atoms with Crippen LogP contribution in [0.25, 0.3) is 16.9 Å². The molecule has 0 saturated carbocycles. The summed E-state index contributed by atoms with van der Waals surface area (Å²) in [5, 5.41) is 0.600. The Labute approximate surface area is 169 Å². The molecule has 1 fully saturated rings. The van der Waals surface area contributed by atoms with Crippen molar-refractivity contribution in [1.82, 2.24) is 13.7 Å². The minimum absolute atomic E-state index is 0.600. The first-order valence-electron chi connectivity index (χ1n) is 8.96. The van der Waals surface area contributed by atoms with Crippen LogP contribution in [0.5, 0.6) is 5.75 Å². The van der Waals surface area contributed by atoms with Crippen LogP contribution in [0.3, 0.4) is 0 Å². The summed E-state index contributed by atoms with van der Waals surface area (Å²) < 4.78 is 9.77. The average molecular weight is 403 g/mol. The van der Waals surface area contributed by atoms with E-state index in [2.05, 4.69) is 51.3 Å². The van der Waals surface area contributed by atoms with Crippen molar-refractivity contribution in [3.63, 3.8) is 0 Å². The topological polar surface area (TPSA) is 33.0 Å².